The van der Waals surface area contributed by atoms with Gasteiger partial charge in [-0.3, -0.25) is 4.79 Å². The molecular formula is C19H16F3NO. The molecule has 1 aromatic heterocycles. The number of carbonyl (C=O) groups excluding carboxylic acids is 1. The zero-order valence-corrected chi connectivity index (χ0v) is 13.0. The van der Waals surface area contributed by atoms with E-state index in [0.717, 1.165) is 5.56 Å². The van der Waals surface area contributed by atoms with Gasteiger partial charge in [-0.25, -0.2) is 0 Å². The molecule has 0 fully saturated rings. The van der Waals surface area contributed by atoms with Gasteiger partial charge in [-0.2, -0.15) is 13.2 Å². The number of aromatic amines is 1. The Morgan fingerprint density at radius 1 is 1.12 bits per heavy atom. The molecule has 1 heterocycles. The van der Waals surface area contributed by atoms with Crippen molar-refractivity contribution < 1.29 is 18.0 Å². The first-order chi connectivity index (χ1) is 11.4. The van der Waals surface area contributed by atoms with Gasteiger partial charge in [-0.15, -0.1) is 0 Å². The van der Waals surface area contributed by atoms with Gasteiger partial charge in [0, 0.05) is 29.1 Å². The SMILES string of the molecule is Cc1ccc2[nH]cc([C@@H](CC(=O)c3ccccc3)C(F)(F)F)c2c1. The lowest BCUT2D eigenvalue weighted by Crippen LogP contribution is -2.23. The van der Waals surface area contributed by atoms with Crippen LogP contribution in [-0.2, 0) is 0 Å². The molecule has 5 heteroatoms. The van der Waals surface area contributed by atoms with Gasteiger partial charge < -0.3 is 4.98 Å². The summed E-state index contributed by atoms with van der Waals surface area (Å²) >= 11 is 0. The third-order valence-electron chi connectivity index (χ3n) is 4.13. The van der Waals surface area contributed by atoms with Crippen LogP contribution >= 0.6 is 0 Å². The maximum atomic E-state index is 13.6. The number of rotatable bonds is 4. The number of halogens is 3. The number of aryl methyl sites for hydroxylation is 1. The second-order valence-corrected chi connectivity index (χ2v) is 5.88. The van der Waals surface area contributed by atoms with E-state index in [-0.39, 0.29) is 5.56 Å². The highest BCUT2D eigenvalue weighted by atomic mass is 19.4. The van der Waals surface area contributed by atoms with E-state index in [0.29, 0.717) is 16.5 Å². The van der Waals surface area contributed by atoms with Crippen LogP contribution in [0.5, 0.6) is 0 Å². The number of benzene rings is 2. The zero-order chi connectivity index (χ0) is 17.3. The Bertz CT molecular complexity index is 865. The minimum Gasteiger partial charge on any atom is -0.361 e. The average molecular weight is 331 g/mol. The lowest BCUT2D eigenvalue weighted by atomic mass is 9.90. The standard InChI is InChI=1S/C19H16F3NO/c1-12-7-8-17-14(9-12)15(11-23-17)16(19(20,21)22)10-18(24)13-5-3-2-4-6-13/h2-9,11,16,23H,10H2,1H3/t16-/m1/s1. The van der Waals surface area contributed by atoms with Crippen LogP contribution in [0.3, 0.4) is 0 Å². The molecule has 1 atom stereocenters. The lowest BCUT2D eigenvalue weighted by Gasteiger charge is -2.19. The van der Waals surface area contributed by atoms with E-state index in [9.17, 15) is 18.0 Å². The van der Waals surface area contributed by atoms with Gasteiger partial charge in [0.2, 0.25) is 0 Å². The van der Waals surface area contributed by atoms with Crippen molar-refractivity contribution in [1.29, 1.82) is 0 Å². The fraction of sp³-hybridized carbons (Fsp3) is 0.211. The van der Waals surface area contributed by atoms with Crippen molar-refractivity contribution in [2.24, 2.45) is 0 Å². The predicted octanol–water partition coefficient (Wildman–Crippen LogP) is 5.40. The Morgan fingerprint density at radius 3 is 2.50 bits per heavy atom. The Hall–Kier alpha value is -2.56. The van der Waals surface area contributed by atoms with Crippen LogP contribution in [0.15, 0.2) is 54.7 Å². The minimum atomic E-state index is -4.50. The molecule has 2 nitrogen and oxygen atoms in total. The normalized spacial score (nSPS) is 13.2. The molecule has 0 radical (unpaired) electrons. The number of hydrogen-bond donors (Lipinski definition) is 1. The van der Waals surface area contributed by atoms with Crippen LogP contribution in [-0.4, -0.2) is 16.9 Å². The maximum absolute atomic E-state index is 13.6. The van der Waals surface area contributed by atoms with Gasteiger partial charge in [-0.05, 0) is 24.6 Å². The monoisotopic (exact) mass is 331 g/mol. The summed E-state index contributed by atoms with van der Waals surface area (Å²) in [7, 11) is 0. The molecule has 24 heavy (non-hydrogen) atoms. The van der Waals surface area contributed by atoms with Crippen molar-refractivity contribution in [1.82, 2.24) is 4.98 Å². The molecule has 3 aromatic rings. The summed E-state index contributed by atoms with van der Waals surface area (Å²) in [6.07, 6.45) is -3.74. The Morgan fingerprint density at radius 2 is 1.83 bits per heavy atom. The topological polar surface area (TPSA) is 32.9 Å². The Kier molecular flexibility index (Phi) is 4.18. The summed E-state index contributed by atoms with van der Waals surface area (Å²) in [5.74, 6) is -2.35. The van der Waals surface area contributed by atoms with Gasteiger partial charge >= 0.3 is 6.18 Å². The van der Waals surface area contributed by atoms with Crippen LogP contribution in [0, 0.1) is 6.92 Å². The highest BCUT2D eigenvalue weighted by molar-refractivity contribution is 5.97. The molecule has 0 spiro atoms. The number of H-pyrrole nitrogens is 1. The van der Waals surface area contributed by atoms with Crippen molar-refractivity contribution in [3.05, 3.63) is 71.4 Å². The van der Waals surface area contributed by atoms with Crippen molar-refractivity contribution in [3.63, 3.8) is 0 Å². The summed E-state index contributed by atoms with van der Waals surface area (Å²) in [5, 5.41) is 0.512. The second kappa shape index (κ2) is 6.15. The molecular weight excluding hydrogens is 315 g/mol. The summed E-state index contributed by atoms with van der Waals surface area (Å²) < 4.78 is 40.9. The van der Waals surface area contributed by atoms with Crippen molar-refractivity contribution >= 4 is 16.7 Å². The number of carbonyl (C=O) groups is 1. The van der Waals surface area contributed by atoms with Gasteiger partial charge in [0.1, 0.15) is 0 Å². The molecule has 0 aliphatic rings. The lowest BCUT2D eigenvalue weighted by molar-refractivity contribution is -0.149. The fourth-order valence-electron chi connectivity index (χ4n) is 2.87. The van der Waals surface area contributed by atoms with E-state index in [4.69, 9.17) is 0 Å². The van der Waals surface area contributed by atoms with Crippen molar-refractivity contribution in [2.45, 2.75) is 25.4 Å². The molecule has 124 valence electrons. The van der Waals surface area contributed by atoms with E-state index < -0.39 is 24.3 Å². The van der Waals surface area contributed by atoms with Crippen LogP contribution in [0.1, 0.15) is 33.8 Å². The first-order valence-electron chi connectivity index (χ1n) is 7.59. The molecule has 1 N–H and O–H groups in total. The molecule has 0 unspecified atom stereocenters. The number of nitrogens with one attached hydrogen (secondary N) is 1. The van der Waals surface area contributed by atoms with Gasteiger partial charge in [-0.1, -0.05) is 42.0 Å². The summed E-state index contributed by atoms with van der Waals surface area (Å²) in [6.45, 7) is 1.83. The molecule has 3 rings (SSSR count). The third kappa shape index (κ3) is 3.20. The molecule has 0 amide bonds. The van der Waals surface area contributed by atoms with Crippen LogP contribution in [0.2, 0.25) is 0 Å². The van der Waals surface area contributed by atoms with E-state index >= 15 is 0 Å². The number of ketones is 1. The second-order valence-electron chi connectivity index (χ2n) is 5.88. The quantitative estimate of drug-likeness (QED) is 0.638. The number of Topliss-reactive ketones (excluding diaryl/α,β-unsaturated/α-hetero) is 1. The summed E-state index contributed by atoms with van der Waals surface area (Å²) in [5.41, 5.74) is 1.92. The highest BCUT2D eigenvalue weighted by Crippen LogP contribution is 2.41. The highest BCUT2D eigenvalue weighted by Gasteiger charge is 2.43. The molecule has 0 aliphatic heterocycles. The van der Waals surface area contributed by atoms with E-state index in [1.165, 1.54) is 18.3 Å². The molecule has 2 aromatic carbocycles. The maximum Gasteiger partial charge on any atom is 0.396 e. The van der Waals surface area contributed by atoms with Crippen LogP contribution in [0.4, 0.5) is 13.2 Å². The molecule has 0 saturated heterocycles. The van der Waals surface area contributed by atoms with E-state index in [1.807, 2.05) is 13.0 Å². The van der Waals surface area contributed by atoms with E-state index in [1.54, 1.807) is 30.3 Å². The fourth-order valence-corrected chi connectivity index (χ4v) is 2.87. The van der Waals surface area contributed by atoms with Crippen molar-refractivity contribution in [3.8, 4) is 0 Å². The molecule has 0 aliphatic carbocycles. The Balaban J connectivity index is 2.01. The molecule has 0 bridgehead atoms. The minimum absolute atomic E-state index is 0.116. The van der Waals surface area contributed by atoms with Gasteiger partial charge in [0.05, 0.1) is 5.92 Å². The summed E-state index contributed by atoms with van der Waals surface area (Å²) in [6, 6.07) is 13.4. The predicted molar refractivity (Wildman–Crippen MR) is 87.2 cm³/mol. The first kappa shape index (κ1) is 16.3. The smallest absolute Gasteiger partial charge is 0.361 e. The summed E-state index contributed by atoms with van der Waals surface area (Å²) in [4.78, 5) is 15.2. The van der Waals surface area contributed by atoms with Crippen LogP contribution < -0.4 is 0 Å². The number of hydrogen-bond acceptors (Lipinski definition) is 1. The largest absolute Gasteiger partial charge is 0.396 e. The Labute approximate surface area is 137 Å². The number of fused-ring (bicyclic) bond motifs is 1. The van der Waals surface area contributed by atoms with E-state index in [2.05, 4.69) is 4.98 Å². The van der Waals surface area contributed by atoms with Gasteiger partial charge in [0.25, 0.3) is 0 Å². The first-order valence-corrected chi connectivity index (χ1v) is 7.59. The average Bonchev–Trinajstić information content (AvgIpc) is 2.94. The van der Waals surface area contributed by atoms with Gasteiger partial charge in [0.15, 0.2) is 5.78 Å². The zero-order valence-electron chi connectivity index (χ0n) is 13.0. The number of alkyl halides is 3. The number of aromatic nitrogens is 1. The third-order valence-corrected chi connectivity index (χ3v) is 4.13. The van der Waals surface area contributed by atoms with Crippen molar-refractivity contribution in [2.75, 3.05) is 0 Å². The van der Waals surface area contributed by atoms with Crippen LogP contribution in [0.25, 0.3) is 10.9 Å². The molecule has 0 saturated carbocycles.